The Kier molecular flexibility index (Phi) is 4.68. The van der Waals surface area contributed by atoms with E-state index in [4.69, 9.17) is 4.74 Å². The van der Waals surface area contributed by atoms with Gasteiger partial charge in [-0.05, 0) is 41.1 Å². The van der Waals surface area contributed by atoms with Crippen LogP contribution in [-0.4, -0.2) is 26.4 Å². The molecule has 0 radical (unpaired) electrons. The summed E-state index contributed by atoms with van der Waals surface area (Å²) in [7, 11) is 3.34. The van der Waals surface area contributed by atoms with Crippen LogP contribution >= 0.6 is 0 Å². The first-order valence-corrected chi connectivity index (χ1v) is 10.1. The molecule has 156 valence electrons. The molecule has 7 heteroatoms. The highest BCUT2D eigenvalue weighted by molar-refractivity contribution is 6.06. The molecule has 0 spiro atoms. The summed E-state index contributed by atoms with van der Waals surface area (Å²) in [5.74, 6) is 1.20. The van der Waals surface area contributed by atoms with E-state index >= 15 is 0 Å². The molecule has 0 unspecified atom stereocenters. The van der Waals surface area contributed by atoms with Crippen LogP contribution in [0.25, 0.3) is 27.5 Å². The zero-order valence-electron chi connectivity index (χ0n) is 17.6. The third-order valence-corrected chi connectivity index (χ3v) is 5.66. The van der Waals surface area contributed by atoms with Crippen molar-refractivity contribution in [1.82, 2.24) is 19.3 Å². The molecule has 0 saturated heterocycles. The van der Waals surface area contributed by atoms with Crippen LogP contribution < -0.4 is 10.3 Å². The SMILES string of the molecule is COc1ccc(Cc2cc3c(=O)n(-c4c(C#N)cnn4C)cnc3c3ccccc23)cc1. The second kappa shape index (κ2) is 7.67. The number of nitriles is 1. The number of methoxy groups -OCH3 is 1. The Hall–Kier alpha value is -4.44. The van der Waals surface area contributed by atoms with Crippen LogP contribution in [0.4, 0.5) is 0 Å². The summed E-state index contributed by atoms with van der Waals surface area (Å²) in [4.78, 5) is 18.1. The Balaban J connectivity index is 1.75. The second-order valence-corrected chi connectivity index (χ2v) is 7.54. The van der Waals surface area contributed by atoms with Crippen molar-refractivity contribution in [1.29, 1.82) is 5.26 Å². The van der Waals surface area contributed by atoms with E-state index in [1.807, 2.05) is 48.5 Å². The molecule has 0 bridgehead atoms. The number of ether oxygens (including phenoxy) is 1. The molecule has 0 fully saturated rings. The third kappa shape index (κ3) is 3.10. The average molecular weight is 421 g/mol. The van der Waals surface area contributed by atoms with Gasteiger partial charge in [0.25, 0.3) is 5.56 Å². The highest BCUT2D eigenvalue weighted by atomic mass is 16.5. The number of rotatable bonds is 4. The highest BCUT2D eigenvalue weighted by Crippen LogP contribution is 2.28. The quantitative estimate of drug-likeness (QED) is 0.413. The molecule has 0 N–H and O–H groups in total. The van der Waals surface area contributed by atoms with E-state index in [1.54, 1.807) is 14.2 Å². The molecule has 0 aliphatic carbocycles. The van der Waals surface area contributed by atoms with E-state index in [0.717, 1.165) is 27.6 Å². The molecule has 5 rings (SSSR count). The van der Waals surface area contributed by atoms with Crippen LogP contribution in [0.1, 0.15) is 16.7 Å². The first-order chi connectivity index (χ1) is 15.6. The van der Waals surface area contributed by atoms with E-state index in [-0.39, 0.29) is 5.56 Å². The topological polar surface area (TPSA) is 85.7 Å². The summed E-state index contributed by atoms with van der Waals surface area (Å²) in [6.45, 7) is 0. The van der Waals surface area contributed by atoms with Gasteiger partial charge in [-0.2, -0.15) is 10.4 Å². The molecule has 2 aromatic heterocycles. The molecular formula is C25H19N5O2. The fourth-order valence-corrected chi connectivity index (χ4v) is 4.09. The predicted octanol–water partition coefficient (Wildman–Crippen LogP) is 3.74. The van der Waals surface area contributed by atoms with Crippen molar-refractivity contribution in [2.24, 2.45) is 7.05 Å². The Morgan fingerprint density at radius 2 is 1.81 bits per heavy atom. The van der Waals surface area contributed by atoms with E-state index in [1.165, 1.54) is 21.8 Å². The number of aromatic nitrogens is 4. The Bertz CT molecular complexity index is 1570. The second-order valence-electron chi connectivity index (χ2n) is 7.54. The molecule has 0 aliphatic heterocycles. The highest BCUT2D eigenvalue weighted by Gasteiger charge is 2.17. The average Bonchev–Trinajstić information content (AvgIpc) is 3.20. The van der Waals surface area contributed by atoms with Crippen molar-refractivity contribution in [2.45, 2.75) is 6.42 Å². The normalized spacial score (nSPS) is 11.0. The van der Waals surface area contributed by atoms with E-state index in [2.05, 4.69) is 22.2 Å². The summed E-state index contributed by atoms with van der Waals surface area (Å²) < 4.78 is 8.15. The van der Waals surface area contributed by atoms with Gasteiger partial charge in [0.2, 0.25) is 0 Å². The number of nitrogens with zero attached hydrogens (tertiary/aromatic N) is 5. The van der Waals surface area contributed by atoms with Gasteiger partial charge in [-0.25, -0.2) is 9.55 Å². The van der Waals surface area contributed by atoms with Gasteiger partial charge in [0, 0.05) is 12.4 Å². The fraction of sp³-hybridized carbons (Fsp3) is 0.120. The largest absolute Gasteiger partial charge is 0.497 e. The lowest BCUT2D eigenvalue weighted by Crippen LogP contribution is -2.22. The maximum absolute atomic E-state index is 13.5. The van der Waals surface area contributed by atoms with Gasteiger partial charge in [0.1, 0.15) is 23.7 Å². The standard InChI is InChI=1S/C25H19N5O2/c1-29-24(18(13-26)14-28-29)30-15-27-23-21-6-4-3-5-20(21)17(12-22(23)25(30)31)11-16-7-9-19(32-2)10-8-16/h3-10,12,14-15H,11H2,1-2H3. The third-order valence-electron chi connectivity index (χ3n) is 5.66. The molecule has 3 aromatic carbocycles. The molecule has 32 heavy (non-hydrogen) atoms. The minimum absolute atomic E-state index is 0.239. The monoisotopic (exact) mass is 421 g/mol. The molecule has 7 nitrogen and oxygen atoms in total. The first-order valence-electron chi connectivity index (χ1n) is 10.1. The van der Waals surface area contributed by atoms with E-state index in [9.17, 15) is 10.1 Å². The summed E-state index contributed by atoms with van der Waals surface area (Å²) in [6.07, 6.45) is 3.57. The zero-order valence-corrected chi connectivity index (χ0v) is 17.6. The molecule has 0 saturated carbocycles. The number of benzene rings is 3. The maximum atomic E-state index is 13.5. The van der Waals surface area contributed by atoms with Crippen LogP contribution in [0.15, 0.2) is 71.9 Å². The van der Waals surface area contributed by atoms with Crippen molar-refractivity contribution < 1.29 is 4.74 Å². The van der Waals surface area contributed by atoms with E-state index < -0.39 is 0 Å². The van der Waals surface area contributed by atoms with Crippen LogP contribution in [0.2, 0.25) is 0 Å². The number of hydrogen-bond acceptors (Lipinski definition) is 5. The predicted molar refractivity (Wildman–Crippen MR) is 122 cm³/mol. The van der Waals surface area contributed by atoms with Gasteiger partial charge in [0.15, 0.2) is 5.82 Å². The van der Waals surface area contributed by atoms with Crippen molar-refractivity contribution in [3.63, 3.8) is 0 Å². The molecular weight excluding hydrogens is 402 g/mol. The molecule has 0 amide bonds. The van der Waals surface area contributed by atoms with Gasteiger partial charge in [-0.15, -0.1) is 0 Å². The van der Waals surface area contributed by atoms with Gasteiger partial charge in [0.05, 0.1) is 24.2 Å². The van der Waals surface area contributed by atoms with Crippen molar-refractivity contribution in [2.75, 3.05) is 7.11 Å². The lowest BCUT2D eigenvalue weighted by atomic mass is 9.96. The van der Waals surface area contributed by atoms with Gasteiger partial charge >= 0.3 is 0 Å². The summed E-state index contributed by atoms with van der Waals surface area (Å²) in [6, 6.07) is 19.9. The van der Waals surface area contributed by atoms with Gasteiger partial charge in [-0.3, -0.25) is 9.48 Å². The number of aryl methyl sites for hydroxylation is 1. The molecule has 5 aromatic rings. The van der Waals surface area contributed by atoms with Crippen LogP contribution in [0, 0.1) is 11.3 Å². The van der Waals surface area contributed by atoms with Crippen LogP contribution in [0.3, 0.4) is 0 Å². The van der Waals surface area contributed by atoms with Crippen molar-refractivity contribution in [3.8, 4) is 17.6 Å². The van der Waals surface area contributed by atoms with Crippen LogP contribution in [-0.2, 0) is 13.5 Å². The maximum Gasteiger partial charge on any atom is 0.267 e. The Morgan fingerprint density at radius 1 is 1.06 bits per heavy atom. The van der Waals surface area contributed by atoms with Crippen molar-refractivity contribution >= 4 is 21.7 Å². The smallest absolute Gasteiger partial charge is 0.267 e. The summed E-state index contributed by atoms with van der Waals surface area (Å²) in [5.41, 5.74) is 2.85. The summed E-state index contributed by atoms with van der Waals surface area (Å²) >= 11 is 0. The first kappa shape index (κ1) is 19.5. The fourth-order valence-electron chi connectivity index (χ4n) is 4.09. The minimum Gasteiger partial charge on any atom is -0.497 e. The van der Waals surface area contributed by atoms with E-state index in [0.29, 0.717) is 28.7 Å². The molecule has 2 heterocycles. The van der Waals surface area contributed by atoms with Crippen LogP contribution in [0.5, 0.6) is 5.75 Å². The Morgan fingerprint density at radius 3 is 2.53 bits per heavy atom. The zero-order chi connectivity index (χ0) is 22.2. The Labute approximate surface area is 183 Å². The molecule has 0 aliphatic rings. The minimum atomic E-state index is -0.239. The summed E-state index contributed by atoms with van der Waals surface area (Å²) in [5, 5.41) is 16.0. The molecule has 0 atom stereocenters. The number of fused-ring (bicyclic) bond motifs is 3. The lowest BCUT2D eigenvalue weighted by molar-refractivity contribution is 0.414. The van der Waals surface area contributed by atoms with Crippen molar-refractivity contribution in [3.05, 3.63) is 94.2 Å². The van der Waals surface area contributed by atoms with Gasteiger partial charge < -0.3 is 4.74 Å². The van der Waals surface area contributed by atoms with Gasteiger partial charge in [-0.1, -0.05) is 36.4 Å². The lowest BCUT2D eigenvalue weighted by Gasteiger charge is -2.12. The number of hydrogen-bond donors (Lipinski definition) is 0.